The Bertz CT molecular complexity index is 978. The average Bonchev–Trinajstić information content (AvgIpc) is 3.29. The number of nitrogens with zero attached hydrogens (tertiary/aromatic N) is 1. The summed E-state index contributed by atoms with van der Waals surface area (Å²) in [5.74, 6) is 0.199. The van der Waals surface area contributed by atoms with Crippen molar-refractivity contribution in [3.05, 3.63) is 65.0 Å². The predicted octanol–water partition coefficient (Wildman–Crippen LogP) is 4.01. The molecular formula is C24H25FN2O4. The van der Waals surface area contributed by atoms with Crippen molar-refractivity contribution in [1.29, 1.82) is 5.26 Å². The molecule has 1 heterocycles. The number of nitrogens with one attached hydrogen (secondary N) is 1. The zero-order valence-corrected chi connectivity index (χ0v) is 17.4. The van der Waals surface area contributed by atoms with Gasteiger partial charge in [0.1, 0.15) is 24.1 Å². The molecule has 0 aliphatic carbocycles. The highest BCUT2D eigenvalue weighted by Gasteiger charge is 2.18. The van der Waals surface area contributed by atoms with Gasteiger partial charge in [0.25, 0.3) is 5.91 Å². The molecule has 0 radical (unpaired) electrons. The second-order valence-electron chi connectivity index (χ2n) is 7.07. The fourth-order valence-corrected chi connectivity index (χ4v) is 3.21. The van der Waals surface area contributed by atoms with Gasteiger partial charge in [0.2, 0.25) is 0 Å². The monoisotopic (exact) mass is 424 g/mol. The quantitative estimate of drug-likeness (QED) is 0.486. The molecule has 0 aromatic heterocycles. The normalized spacial score (nSPS) is 15.9. The summed E-state index contributed by atoms with van der Waals surface area (Å²) in [6, 6.07) is 13.3. The van der Waals surface area contributed by atoms with E-state index in [1.807, 2.05) is 13.0 Å². The largest absolute Gasteiger partial charge is 0.490 e. The minimum Gasteiger partial charge on any atom is -0.490 e. The molecule has 1 aliphatic rings. The number of nitriles is 1. The number of halogens is 1. The number of carbonyl (C=O) groups excluding carboxylic acids is 1. The first kappa shape index (κ1) is 22.3. The van der Waals surface area contributed by atoms with Crippen molar-refractivity contribution >= 4 is 12.0 Å². The summed E-state index contributed by atoms with van der Waals surface area (Å²) in [7, 11) is 0. The SMILES string of the molecule is CCOc1cc(/C=C(\C#N)C(=O)NCC2CCCO2)ccc1OCc1cccc(F)c1. The van der Waals surface area contributed by atoms with Gasteiger partial charge in [-0.2, -0.15) is 5.26 Å². The molecule has 2 aromatic rings. The van der Waals surface area contributed by atoms with Crippen LogP contribution in [0.4, 0.5) is 4.39 Å². The molecule has 1 atom stereocenters. The molecule has 162 valence electrons. The van der Waals surface area contributed by atoms with E-state index in [-0.39, 0.29) is 24.1 Å². The lowest BCUT2D eigenvalue weighted by Gasteiger charge is -2.13. The van der Waals surface area contributed by atoms with Gasteiger partial charge in [-0.15, -0.1) is 0 Å². The predicted molar refractivity (Wildman–Crippen MR) is 114 cm³/mol. The van der Waals surface area contributed by atoms with E-state index in [1.54, 1.807) is 30.3 Å². The molecule has 0 saturated carbocycles. The van der Waals surface area contributed by atoms with Gasteiger partial charge >= 0.3 is 0 Å². The lowest BCUT2D eigenvalue weighted by atomic mass is 10.1. The Balaban J connectivity index is 1.70. The van der Waals surface area contributed by atoms with Gasteiger partial charge in [-0.3, -0.25) is 4.79 Å². The molecule has 0 spiro atoms. The van der Waals surface area contributed by atoms with E-state index >= 15 is 0 Å². The molecule has 1 amide bonds. The van der Waals surface area contributed by atoms with E-state index in [1.165, 1.54) is 18.2 Å². The zero-order valence-electron chi connectivity index (χ0n) is 17.4. The lowest BCUT2D eigenvalue weighted by molar-refractivity contribution is -0.117. The lowest BCUT2D eigenvalue weighted by Crippen LogP contribution is -2.32. The summed E-state index contributed by atoms with van der Waals surface area (Å²) in [5.41, 5.74) is 1.32. The summed E-state index contributed by atoms with van der Waals surface area (Å²) < 4.78 is 30.3. The standard InChI is InChI=1S/C24H25FN2O4/c1-2-29-23-13-17(8-9-22(23)31-16-18-5-3-6-20(25)12-18)11-19(14-26)24(28)27-15-21-7-4-10-30-21/h3,5-6,8-9,11-13,21H,2,4,7,10,15-16H2,1H3,(H,27,28)/b19-11+. The summed E-state index contributed by atoms with van der Waals surface area (Å²) in [4.78, 5) is 12.4. The van der Waals surface area contributed by atoms with Crippen LogP contribution in [0, 0.1) is 17.1 Å². The minimum atomic E-state index is -0.442. The van der Waals surface area contributed by atoms with Gasteiger partial charge in [0.15, 0.2) is 11.5 Å². The van der Waals surface area contributed by atoms with Crippen molar-refractivity contribution in [2.24, 2.45) is 0 Å². The van der Waals surface area contributed by atoms with Gasteiger partial charge in [-0.25, -0.2) is 4.39 Å². The maximum atomic E-state index is 13.4. The van der Waals surface area contributed by atoms with Crippen LogP contribution in [0.25, 0.3) is 6.08 Å². The fraction of sp³-hybridized carbons (Fsp3) is 0.333. The maximum absolute atomic E-state index is 13.4. The van der Waals surface area contributed by atoms with Gasteiger partial charge in [-0.1, -0.05) is 18.2 Å². The van der Waals surface area contributed by atoms with Crippen LogP contribution in [0.2, 0.25) is 0 Å². The van der Waals surface area contributed by atoms with Gasteiger partial charge < -0.3 is 19.5 Å². The maximum Gasteiger partial charge on any atom is 0.262 e. The van der Waals surface area contributed by atoms with E-state index in [0.717, 1.165) is 12.8 Å². The van der Waals surface area contributed by atoms with Crippen LogP contribution in [0.1, 0.15) is 30.9 Å². The number of hydrogen-bond donors (Lipinski definition) is 1. The molecule has 1 saturated heterocycles. The van der Waals surface area contributed by atoms with Crippen LogP contribution in [0.5, 0.6) is 11.5 Å². The Morgan fingerprint density at radius 1 is 1.29 bits per heavy atom. The van der Waals surface area contributed by atoms with E-state index in [0.29, 0.717) is 42.4 Å². The van der Waals surface area contributed by atoms with Crippen molar-refractivity contribution in [3.8, 4) is 17.6 Å². The molecule has 3 rings (SSSR count). The van der Waals surface area contributed by atoms with Gasteiger partial charge in [-0.05, 0) is 61.2 Å². The Morgan fingerprint density at radius 3 is 2.87 bits per heavy atom. The molecular weight excluding hydrogens is 399 g/mol. The third-order valence-corrected chi connectivity index (χ3v) is 4.74. The summed E-state index contributed by atoms with van der Waals surface area (Å²) in [6.45, 7) is 3.53. The van der Waals surface area contributed by atoms with Crippen molar-refractivity contribution in [3.63, 3.8) is 0 Å². The summed E-state index contributed by atoms with van der Waals surface area (Å²) >= 11 is 0. The fourth-order valence-electron chi connectivity index (χ4n) is 3.21. The Hall–Kier alpha value is -3.37. The summed E-state index contributed by atoms with van der Waals surface area (Å²) in [5, 5.41) is 12.2. The van der Waals surface area contributed by atoms with Crippen LogP contribution in [0.3, 0.4) is 0 Å². The first-order chi connectivity index (χ1) is 15.1. The van der Waals surface area contributed by atoms with Crippen LogP contribution in [0.15, 0.2) is 48.0 Å². The van der Waals surface area contributed by atoms with Crippen molar-refractivity contribution < 1.29 is 23.4 Å². The van der Waals surface area contributed by atoms with E-state index < -0.39 is 5.91 Å². The van der Waals surface area contributed by atoms with E-state index in [9.17, 15) is 14.4 Å². The Labute approximate surface area is 181 Å². The third-order valence-electron chi connectivity index (χ3n) is 4.74. The van der Waals surface area contributed by atoms with Crippen molar-refractivity contribution in [1.82, 2.24) is 5.32 Å². The molecule has 1 unspecified atom stereocenters. The highest BCUT2D eigenvalue weighted by Crippen LogP contribution is 2.30. The van der Waals surface area contributed by atoms with Crippen LogP contribution in [-0.4, -0.2) is 31.8 Å². The second kappa shape index (κ2) is 11.1. The highest BCUT2D eigenvalue weighted by atomic mass is 19.1. The first-order valence-electron chi connectivity index (χ1n) is 10.2. The first-order valence-corrected chi connectivity index (χ1v) is 10.2. The number of amides is 1. The number of rotatable bonds is 9. The number of hydrogen-bond acceptors (Lipinski definition) is 5. The van der Waals surface area contributed by atoms with Crippen LogP contribution in [-0.2, 0) is 16.1 Å². The van der Waals surface area contributed by atoms with Gasteiger partial charge in [0.05, 0.1) is 12.7 Å². The molecule has 1 fully saturated rings. The second-order valence-corrected chi connectivity index (χ2v) is 7.07. The molecule has 0 bridgehead atoms. The Kier molecular flexibility index (Phi) is 8.02. The van der Waals surface area contributed by atoms with E-state index in [4.69, 9.17) is 14.2 Å². The Morgan fingerprint density at radius 2 is 2.16 bits per heavy atom. The number of carbonyl (C=O) groups is 1. The number of benzene rings is 2. The minimum absolute atomic E-state index is 0.00275. The third kappa shape index (κ3) is 6.56. The average molecular weight is 424 g/mol. The van der Waals surface area contributed by atoms with Crippen LogP contribution < -0.4 is 14.8 Å². The molecule has 1 N–H and O–H groups in total. The number of ether oxygens (including phenoxy) is 3. The van der Waals surface area contributed by atoms with Gasteiger partial charge in [0, 0.05) is 13.2 Å². The molecule has 1 aliphatic heterocycles. The molecule has 31 heavy (non-hydrogen) atoms. The molecule has 7 heteroatoms. The van der Waals surface area contributed by atoms with Crippen molar-refractivity contribution in [2.75, 3.05) is 19.8 Å². The smallest absolute Gasteiger partial charge is 0.262 e. The van der Waals surface area contributed by atoms with Crippen LogP contribution >= 0.6 is 0 Å². The summed E-state index contributed by atoms with van der Waals surface area (Å²) in [6.07, 6.45) is 3.39. The molecule has 6 nitrogen and oxygen atoms in total. The topological polar surface area (TPSA) is 80.6 Å². The highest BCUT2D eigenvalue weighted by molar-refractivity contribution is 6.01. The van der Waals surface area contributed by atoms with E-state index in [2.05, 4.69) is 5.32 Å². The van der Waals surface area contributed by atoms with Crippen molar-refractivity contribution in [2.45, 2.75) is 32.5 Å². The zero-order chi connectivity index (χ0) is 22.1. The molecule has 2 aromatic carbocycles.